The molecule has 0 unspecified atom stereocenters. The molecule has 0 aliphatic rings. The predicted octanol–water partition coefficient (Wildman–Crippen LogP) is 7.52. The van der Waals surface area contributed by atoms with E-state index in [4.69, 9.17) is 34.8 Å². The summed E-state index contributed by atoms with van der Waals surface area (Å²) in [6.45, 7) is 11.9. The van der Waals surface area contributed by atoms with Gasteiger partial charge in [0.25, 0.3) is 0 Å². The van der Waals surface area contributed by atoms with Crippen molar-refractivity contribution in [3.05, 3.63) is 55.5 Å². The van der Waals surface area contributed by atoms with Crippen molar-refractivity contribution in [3.63, 3.8) is 0 Å². The first kappa shape index (κ1) is 22.3. The second kappa shape index (κ2) is 7.77. The number of aryl methyl sites for hydroxylation is 1. The zero-order chi connectivity index (χ0) is 20.7. The Bertz CT molecular complexity index is 838. The van der Waals surface area contributed by atoms with E-state index in [1.54, 1.807) is 0 Å². The van der Waals surface area contributed by atoms with E-state index < -0.39 is 0 Å². The maximum absolute atomic E-state index is 15.1. The number of benzene rings is 1. The van der Waals surface area contributed by atoms with Crippen LogP contribution in [0.3, 0.4) is 0 Å². The third-order valence-corrected chi connectivity index (χ3v) is 5.74. The van der Waals surface area contributed by atoms with Crippen molar-refractivity contribution in [3.8, 4) is 0 Å². The van der Waals surface area contributed by atoms with E-state index in [0.29, 0.717) is 17.5 Å². The van der Waals surface area contributed by atoms with Crippen molar-refractivity contribution in [1.82, 2.24) is 4.98 Å². The molecule has 0 bridgehead atoms. The first-order chi connectivity index (χ1) is 12.2. The third kappa shape index (κ3) is 4.88. The fraction of sp³-hybridized carbons (Fsp3) is 0.476. The van der Waals surface area contributed by atoms with E-state index in [9.17, 15) is 4.79 Å². The molecule has 0 atom stereocenters. The molecule has 1 aromatic carbocycles. The highest BCUT2D eigenvalue weighted by atomic mass is 35.5. The van der Waals surface area contributed by atoms with Crippen LogP contribution in [0.25, 0.3) is 0 Å². The van der Waals surface area contributed by atoms with Crippen LogP contribution < -0.4 is 0 Å². The molecule has 0 spiro atoms. The second-order valence-electron chi connectivity index (χ2n) is 8.87. The molecular weight excluding hydrogens is 408 g/mol. The van der Waals surface area contributed by atoms with Gasteiger partial charge in [0.1, 0.15) is 16.7 Å². The first-order valence-electron chi connectivity index (χ1n) is 8.82. The van der Waals surface area contributed by atoms with Crippen LogP contribution in [-0.2, 0) is 17.3 Å². The van der Waals surface area contributed by atoms with Gasteiger partial charge in [0.05, 0.1) is 10.0 Å². The summed E-state index contributed by atoms with van der Waals surface area (Å²) in [5.41, 5.74) is 1.75. The van der Waals surface area contributed by atoms with Crippen molar-refractivity contribution in [1.29, 1.82) is 0 Å². The minimum atomic E-state index is -0.339. The fourth-order valence-corrected chi connectivity index (χ4v) is 3.55. The molecule has 0 aliphatic heterocycles. The minimum absolute atomic E-state index is 0.136. The van der Waals surface area contributed by atoms with Crippen molar-refractivity contribution < 1.29 is 9.18 Å². The molecule has 0 amide bonds. The first-order valence-corrected chi connectivity index (χ1v) is 9.96. The molecule has 2 nitrogen and oxygen atoms in total. The Morgan fingerprint density at radius 1 is 0.963 bits per heavy atom. The number of halogens is 4. The summed E-state index contributed by atoms with van der Waals surface area (Å²) >= 11 is 17.9. The van der Waals surface area contributed by atoms with E-state index in [0.717, 1.165) is 5.56 Å². The van der Waals surface area contributed by atoms with Crippen LogP contribution in [0.1, 0.15) is 75.1 Å². The molecule has 148 valence electrons. The maximum Gasteiger partial charge on any atom is 0.180 e. The van der Waals surface area contributed by atoms with Gasteiger partial charge in [-0.15, -0.1) is 0 Å². The lowest BCUT2D eigenvalue weighted by Crippen LogP contribution is -2.21. The summed E-state index contributed by atoms with van der Waals surface area (Å²) in [7, 11) is 0. The molecule has 2 aromatic rings. The van der Waals surface area contributed by atoms with Gasteiger partial charge in [0.2, 0.25) is 0 Å². The molecule has 0 saturated heterocycles. The van der Waals surface area contributed by atoms with Crippen LogP contribution in [0.2, 0.25) is 15.2 Å². The highest BCUT2D eigenvalue weighted by molar-refractivity contribution is 6.49. The molecule has 2 rings (SSSR count). The van der Waals surface area contributed by atoms with Gasteiger partial charge in [0, 0.05) is 6.42 Å². The van der Waals surface area contributed by atoms with Crippen LogP contribution in [-0.4, -0.2) is 10.8 Å². The molecule has 27 heavy (non-hydrogen) atoms. The van der Waals surface area contributed by atoms with Gasteiger partial charge in [-0.1, -0.05) is 88.5 Å². The number of nitrogens with one attached hydrogen (secondary N) is 1. The predicted molar refractivity (Wildman–Crippen MR) is 112 cm³/mol. The Balaban J connectivity index is 2.36. The van der Waals surface area contributed by atoms with Gasteiger partial charge in [-0.2, -0.15) is 0 Å². The maximum atomic E-state index is 15.1. The van der Waals surface area contributed by atoms with Gasteiger partial charge >= 0.3 is 0 Å². The standard InChI is InChI=1S/C21H25Cl3FNO/c1-20(2,3)12-9-11(10-13(17(12)25)21(4,5)6)7-8-14(27)18-15(22)16(23)19(24)26-18/h9-10,26H,7-8H2,1-6H3. The lowest BCUT2D eigenvalue weighted by atomic mass is 9.78. The molecule has 1 aromatic heterocycles. The van der Waals surface area contributed by atoms with Crippen LogP contribution in [0.4, 0.5) is 4.39 Å². The molecule has 0 radical (unpaired) electrons. The summed E-state index contributed by atoms with van der Waals surface area (Å²) in [5.74, 6) is -0.358. The zero-order valence-electron chi connectivity index (χ0n) is 16.5. The number of aromatic nitrogens is 1. The van der Waals surface area contributed by atoms with Crippen LogP contribution in [0.15, 0.2) is 12.1 Å². The average Bonchev–Trinajstić information content (AvgIpc) is 2.79. The Labute approximate surface area is 175 Å². The van der Waals surface area contributed by atoms with Crippen molar-refractivity contribution >= 4 is 40.6 Å². The van der Waals surface area contributed by atoms with Gasteiger partial charge in [-0.3, -0.25) is 4.79 Å². The number of hydrogen-bond acceptors (Lipinski definition) is 1. The molecule has 1 N–H and O–H groups in total. The Morgan fingerprint density at radius 3 is 1.81 bits per heavy atom. The molecule has 0 saturated carbocycles. The smallest absolute Gasteiger partial charge is 0.180 e. The molecule has 0 aliphatic carbocycles. The SMILES string of the molecule is CC(C)(C)c1cc(CCC(=O)c2[nH]c(Cl)c(Cl)c2Cl)cc(C(C)(C)C)c1F. The quantitative estimate of drug-likeness (QED) is 0.498. The number of ketones is 1. The monoisotopic (exact) mass is 431 g/mol. The average molecular weight is 433 g/mol. The number of aromatic amines is 1. The van der Waals surface area contributed by atoms with Crippen LogP contribution in [0, 0.1) is 5.82 Å². The minimum Gasteiger partial charge on any atom is -0.341 e. The lowest BCUT2D eigenvalue weighted by molar-refractivity contribution is 0.0979. The van der Waals surface area contributed by atoms with Crippen LogP contribution >= 0.6 is 34.8 Å². The molecule has 6 heteroatoms. The Morgan fingerprint density at radius 2 is 1.44 bits per heavy atom. The van der Waals surface area contributed by atoms with Gasteiger partial charge in [0.15, 0.2) is 5.78 Å². The molecule has 0 fully saturated rings. The number of carbonyl (C=O) groups is 1. The van der Waals surface area contributed by atoms with Crippen molar-refractivity contribution in [2.24, 2.45) is 0 Å². The van der Waals surface area contributed by atoms with Crippen molar-refractivity contribution in [2.45, 2.75) is 65.2 Å². The van der Waals surface area contributed by atoms with Gasteiger partial charge < -0.3 is 4.98 Å². The number of rotatable bonds is 4. The number of hydrogen-bond donors (Lipinski definition) is 1. The van der Waals surface area contributed by atoms with E-state index in [1.165, 1.54) is 0 Å². The molecular formula is C21H25Cl3FNO. The summed E-state index contributed by atoms with van der Waals surface area (Å²) in [6, 6.07) is 3.71. The Hall–Kier alpha value is -1.03. The largest absolute Gasteiger partial charge is 0.341 e. The second-order valence-corrected chi connectivity index (χ2v) is 10.0. The number of carbonyl (C=O) groups excluding carboxylic acids is 1. The highest BCUT2D eigenvalue weighted by Crippen LogP contribution is 2.35. The van der Waals surface area contributed by atoms with Crippen LogP contribution in [0.5, 0.6) is 0 Å². The summed E-state index contributed by atoms with van der Waals surface area (Å²) < 4.78 is 15.1. The van der Waals surface area contributed by atoms with E-state index in [2.05, 4.69) is 4.98 Å². The topological polar surface area (TPSA) is 32.9 Å². The fourth-order valence-electron chi connectivity index (χ4n) is 2.92. The third-order valence-electron chi connectivity index (χ3n) is 4.51. The zero-order valence-corrected chi connectivity index (χ0v) is 18.8. The number of H-pyrrole nitrogens is 1. The highest BCUT2D eigenvalue weighted by Gasteiger charge is 2.27. The van der Waals surface area contributed by atoms with E-state index in [1.807, 2.05) is 53.7 Å². The summed E-state index contributed by atoms with van der Waals surface area (Å²) in [5, 5.41) is 0.432. The van der Waals surface area contributed by atoms with Gasteiger partial charge in [-0.25, -0.2) is 4.39 Å². The lowest BCUT2D eigenvalue weighted by Gasteiger charge is -2.27. The summed E-state index contributed by atoms with van der Waals surface area (Å²) in [4.78, 5) is 15.2. The van der Waals surface area contributed by atoms with Crippen molar-refractivity contribution in [2.75, 3.05) is 0 Å². The van der Waals surface area contributed by atoms with E-state index in [-0.39, 0.29) is 49.7 Å². The Kier molecular flexibility index (Phi) is 6.41. The normalized spacial score (nSPS) is 12.5. The molecule has 1 heterocycles. The van der Waals surface area contributed by atoms with Gasteiger partial charge in [-0.05, 0) is 33.9 Å². The van der Waals surface area contributed by atoms with E-state index >= 15 is 4.39 Å². The number of Topliss-reactive ketones (excluding diaryl/α,β-unsaturated/α-hetero) is 1. The summed E-state index contributed by atoms with van der Waals surface area (Å²) in [6.07, 6.45) is 0.682.